The van der Waals surface area contributed by atoms with Crippen molar-refractivity contribution in [3.8, 4) is 0 Å². The topological polar surface area (TPSA) is 24.9 Å². The molecular weight excluding hydrogens is 338 g/mol. The van der Waals surface area contributed by atoms with Crippen LogP contribution in [0.15, 0.2) is 35.1 Å². The Balaban J connectivity index is 2.61. The van der Waals surface area contributed by atoms with Crippen LogP contribution in [0, 0.1) is 11.6 Å². The van der Waals surface area contributed by atoms with Crippen LogP contribution in [0.4, 0.5) is 8.78 Å². The van der Waals surface area contributed by atoms with E-state index in [1.807, 2.05) is 0 Å². The van der Waals surface area contributed by atoms with Crippen LogP contribution in [-0.2, 0) is 0 Å². The summed E-state index contributed by atoms with van der Waals surface area (Å²) in [6.07, 6.45) is 2.97. The van der Waals surface area contributed by atoms with E-state index in [1.165, 1.54) is 24.5 Å². The van der Waals surface area contributed by atoms with Gasteiger partial charge in [0.1, 0.15) is 11.6 Å². The normalized spacial score (nSPS) is 12.5. The van der Waals surface area contributed by atoms with Gasteiger partial charge >= 0.3 is 0 Å². The molecule has 1 aromatic carbocycles. The van der Waals surface area contributed by atoms with Gasteiger partial charge in [0.2, 0.25) is 0 Å². The minimum atomic E-state index is -0.687. The van der Waals surface area contributed by atoms with Gasteiger partial charge in [0, 0.05) is 18.0 Å². The second-order valence-corrected chi connectivity index (χ2v) is 5.14. The van der Waals surface area contributed by atoms with E-state index < -0.39 is 17.7 Å². The summed E-state index contributed by atoms with van der Waals surface area (Å²) >= 11 is 9.09. The lowest BCUT2D eigenvalue weighted by molar-refractivity contribution is 0.518. The summed E-state index contributed by atoms with van der Waals surface area (Å²) in [5, 5.41) is 3.22. The SMILES string of the molecule is CNC(c1ccncc1Cl)c1c(F)ccc(Br)c1F. The van der Waals surface area contributed by atoms with E-state index in [0.717, 1.165) is 0 Å². The average Bonchev–Trinajstić information content (AvgIpc) is 2.40. The van der Waals surface area contributed by atoms with Crippen LogP contribution in [0.25, 0.3) is 0 Å². The number of halogens is 4. The fourth-order valence-electron chi connectivity index (χ4n) is 1.88. The predicted molar refractivity (Wildman–Crippen MR) is 74.2 cm³/mol. The van der Waals surface area contributed by atoms with E-state index in [4.69, 9.17) is 11.6 Å². The second kappa shape index (κ2) is 5.94. The molecule has 0 radical (unpaired) electrons. The Morgan fingerprint density at radius 1 is 1.32 bits per heavy atom. The summed E-state index contributed by atoms with van der Waals surface area (Å²) in [7, 11) is 1.61. The smallest absolute Gasteiger partial charge is 0.145 e. The number of aromatic nitrogens is 1. The molecule has 6 heteroatoms. The van der Waals surface area contributed by atoms with Crippen molar-refractivity contribution < 1.29 is 8.78 Å². The molecule has 0 aliphatic heterocycles. The maximum atomic E-state index is 14.1. The molecule has 0 aliphatic carbocycles. The van der Waals surface area contributed by atoms with Gasteiger partial charge in [-0.15, -0.1) is 0 Å². The summed E-state index contributed by atoms with van der Waals surface area (Å²) < 4.78 is 28.3. The quantitative estimate of drug-likeness (QED) is 0.846. The van der Waals surface area contributed by atoms with Crippen molar-refractivity contribution in [1.29, 1.82) is 0 Å². The Bertz CT molecular complexity index is 607. The zero-order valence-electron chi connectivity index (χ0n) is 9.92. The van der Waals surface area contributed by atoms with Crippen molar-refractivity contribution in [2.45, 2.75) is 6.04 Å². The molecule has 0 saturated heterocycles. The molecule has 0 bridgehead atoms. The van der Waals surface area contributed by atoms with Crippen molar-refractivity contribution in [1.82, 2.24) is 10.3 Å². The molecule has 1 heterocycles. The number of rotatable bonds is 3. The molecule has 19 heavy (non-hydrogen) atoms. The van der Waals surface area contributed by atoms with Crippen LogP contribution in [0.5, 0.6) is 0 Å². The van der Waals surface area contributed by atoms with Crippen molar-refractivity contribution in [3.63, 3.8) is 0 Å². The molecule has 2 aromatic rings. The van der Waals surface area contributed by atoms with E-state index in [1.54, 1.807) is 13.1 Å². The van der Waals surface area contributed by atoms with Crippen LogP contribution < -0.4 is 5.32 Å². The van der Waals surface area contributed by atoms with Gasteiger partial charge in [0.15, 0.2) is 0 Å². The number of hydrogen-bond donors (Lipinski definition) is 1. The minimum Gasteiger partial charge on any atom is -0.309 e. The predicted octanol–water partition coefficient (Wildman–Crippen LogP) is 4.08. The van der Waals surface area contributed by atoms with E-state index >= 15 is 0 Å². The molecule has 100 valence electrons. The lowest BCUT2D eigenvalue weighted by Crippen LogP contribution is -2.21. The third-order valence-corrected chi connectivity index (χ3v) is 3.70. The summed E-state index contributed by atoms with van der Waals surface area (Å²) in [5.74, 6) is -1.28. The molecule has 2 rings (SSSR count). The summed E-state index contributed by atoms with van der Waals surface area (Å²) in [4.78, 5) is 3.86. The van der Waals surface area contributed by atoms with Gasteiger partial charge in [0.05, 0.1) is 15.5 Å². The molecule has 0 saturated carbocycles. The van der Waals surface area contributed by atoms with Gasteiger partial charge in [-0.1, -0.05) is 11.6 Å². The van der Waals surface area contributed by atoms with Crippen molar-refractivity contribution in [2.24, 2.45) is 0 Å². The third-order valence-electron chi connectivity index (χ3n) is 2.77. The molecule has 1 unspecified atom stereocenters. The molecule has 0 fully saturated rings. The maximum Gasteiger partial charge on any atom is 0.145 e. The highest BCUT2D eigenvalue weighted by atomic mass is 79.9. The number of nitrogens with one attached hydrogen (secondary N) is 1. The number of pyridine rings is 1. The largest absolute Gasteiger partial charge is 0.309 e. The Morgan fingerprint density at radius 2 is 2.05 bits per heavy atom. The van der Waals surface area contributed by atoms with E-state index in [9.17, 15) is 8.78 Å². The van der Waals surface area contributed by atoms with Gasteiger partial charge < -0.3 is 5.32 Å². The Kier molecular flexibility index (Phi) is 4.50. The molecule has 0 spiro atoms. The fraction of sp³-hybridized carbons (Fsp3) is 0.154. The highest BCUT2D eigenvalue weighted by molar-refractivity contribution is 9.10. The number of hydrogen-bond acceptors (Lipinski definition) is 2. The lowest BCUT2D eigenvalue weighted by atomic mass is 9.98. The highest BCUT2D eigenvalue weighted by Crippen LogP contribution is 2.33. The van der Waals surface area contributed by atoms with Crippen LogP contribution in [0.2, 0.25) is 5.02 Å². The fourth-order valence-corrected chi connectivity index (χ4v) is 2.46. The maximum absolute atomic E-state index is 14.1. The first-order valence-electron chi connectivity index (χ1n) is 5.46. The Hall–Kier alpha value is -1.04. The first-order chi connectivity index (χ1) is 9.06. The molecular formula is C13H10BrClF2N2. The molecule has 1 N–H and O–H groups in total. The molecule has 1 aromatic heterocycles. The second-order valence-electron chi connectivity index (χ2n) is 3.88. The number of nitrogens with zero attached hydrogens (tertiary/aromatic N) is 1. The number of benzene rings is 1. The van der Waals surface area contributed by atoms with Crippen molar-refractivity contribution in [2.75, 3.05) is 7.05 Å². The first-order valence-corrected chi connectivity index (χ1v) is 6.63. The zero-order chi connectivity index (χ0) is 14.0. The first kappa shape index (κ1) is 14.4. The monoisotopic (exact) mass is 346 g/mol. The molecule has 0 aliphatic rings. The standard InChI is InChI=1S/C13H10BrClF2N2/c1-18-13(7-4-5-19-6-9(7)15)11-10(16)3-2-8(14)12(11)17/h2-6,13,18H,1H3. The Labute approximate surface area is 122 Å². The van der Waals surface area contributed by atoms with Gasteiger partial charge in [-0.05, 0) is 46.7 Å². The third kappa shape index (κ3) is 2.78. The summed E-state index contributed by atoms with van der Waals surface area (Å²) in [5.41, 5.74) is 0.486. The summed E-state index contributed by atoms with van der Waals surface area (Å²) in [6, 6.07) is 3.48. The van der Waals surface area contributed by atoms with Gasteiger partial charge in [0.25, 0.3) is 0 Å². The lowest BCUT2D eigenvalue weighted by Gasteiger charge is -2.20. The molecule has 2 nitrogen and oxygen atoms in total. The summed E-state index contributed by atoms with van der Waals surface area (Å²) in [6.45, 7) is 0. The van der Waals surface area contributed by atoms with Crippen LogP contribution in [0.3, 0.4) is 0 Å². The Morgan fingerprint density at radius 3 is 2.68 bits per heavy atom. The van der Waals surface area contributed by atoms with Gasteiger partial charge in [-0.25, -0.2) is 8.78 Å². The van der Waals surface area contributed by atoms with E-state index in [-0.39, 0.29) is 10.0 Å². The van der Waals surface area contributed by atoms with Crippen molar-refractivity contribution in [3.05, 3.63) is 62.8 Å². The van der Waals surface area contributed by atoms with Gasteiger partial charge in [-0.2, -0.15) is 0 Å². The van der Waals surface area contributed by atoms with Crippen LogP contribution in [0.1, 0.15) is 17.2 Å². The zero-order valence-corrected chi connectivity index (χ0v) is 12.3. The van der Waals surface area contributed by atoms with Crippen LogP contribution >= 0.6 is 27.5 Å². The highest BCUT2D eigenvalue weighted by Gasteiger charge is 2.24. The van der Waals surface area contributed by atoms with E-state index in [0.29, 0.717) is 10.6 Å². The van der Waals surface area contributed by atoms with Crippen LogP contribution in [-0.4, -0.2) is 12.0 Å². The van der Waals surface area contributed by atoms with Crippen molar-refractivity contribution >= 4 is 27.5 Å². The molecule has 1 atom stereocenters. The minimum absolute atomic E-state index is 0.0787. The van der Waals surface area contributed by atoms with E-state index in [2.05, 4.69) is 26.2 Å². The average molecular weight is 348 g/mol. The van der Waals surface area contributed by atoms with Gasteiger partial charge in [-0.3, -0.25) is 4.98 Å². The molecule has 0 amide bonds.